The van der Waals surface area contributed by atoms with Gasteiger partial charge in [0, 0.05) is 22.8 Å². The molecule has 2 N–H and O–H groups in total. The molecule has 0 radical (unpaired) electrons. The molecule has 1 atom stereocenters. The number of aromatic nitrogens is 1. The van der Waals surface area contributed by atoms with E-state index in [4.69, 9.17) is 4.74 Å². The second-order valence-corrected chi connectivity index (χ2v) is 7.69. The Morgan fingerprint density at radius 3 is 2.59 bits per heavy atom. The van der Waals surface area contributed by atoms with E-state index in [0.717, 1.165) is 10.6 Å². The topological polar surface area (TPSA) is 80.3 Å². The monoisotopic (exact) mass is 409 g/mol. The lowest BCUT2D eigenvalue weighted by molar-refractivity contribution is -0.128. The minimum absolute atomic E-state index is 0.0854. The van der Waals surface area contributed by atoms with Crippen LogP contribution < -0.4 is 15.4 Å². The van der Waals surface area contributed by atoms with E-state index < -0.39 is 6.04 Å². The zero-order valence-corrected chi connectivity index (χ0v) is 17.1. The number of rotatable bonds is 8. The van der Waals surface area contributed by atoms with Gasteiger partial charge in [-0.1, -0.05) is 44.2 Å². The molecular weight excluding hydrogens is 386 g/mol. The number of hydrogen-bond acceptors (Lipinski definition) is 5. The van der Waals surface area contributed by atoms with E-state index in [-0.39, 0.29) is 24.3 Å². The van der Waals surface area contributed by atoms with Crippen LogP contribution in [0.5, 0.6) is 5.75 Å². The zero-order chi connectivity index (χ0) is 20.6. The molecule has 0 fully saturated rings. The number of carbonyl (C=O) groups is 2. The fourth-order valence-electron chi connectivity index (χ4n) is 2.73. The van der Waals surface area contributed by atoms with Gasteiger partial charge in [-0.05, 0) is 30.2 Å². The first-order valence-electron chi connectivity index (χ1n) is 9.31. The van der Waals surface area contributed by atoms with Crippen LogP contribution in [-0.4, -0.2) is 29.4 Å². The van der Waals surface area contributed by atoms with Crippen LogP contribution in [0.3, 0.4) is 0 Å². The smallest absolute Gasteiger partial charge is 0.258 e. The van der Waals surface area contributed by atoms with Gasteiger partial charge in [0.25, 0.3) is 5.91 Å². The van der Waals surface area contributed by atoms with Crippen molar-refractivity contribution in [2.75, 3.05) is 11.9 Å². The van der Waals surface area contributed by atoms with Crippen LogP contribution in [0, 0.1) is 5.92 Å². The number of anilines is 1. The van der Waals surface area contributed by atoms with E-state index in [2.05, 4.69) is 15.6 Å². The van der Waals surface area contributed by atoms with Crippen LogP contribution in [0.4, 0.5) is 5.69 Å². The highest BCUT2D eigenvalue weighted by atomic mass is 32.1. The van der Waals surface area contributed by atoms with E-state index in [9.17, 15) is 9.59 Å². The number of nitrogens with one attached hydrogen (secondary N) is 2. The Kier molecular flexibility index (Phi) is 6.97. The molecule has 0 saturated carbocycles. The number of ether oxygens (including phenoxy) is 1. The number of hydrogen-bond donors (Lipinski definition) is 2. The van der Waals surface area contributed by atoms with Crippen molar-refractivity contribution < 1.29 is 14.3 Å². The van der Waals surface area contributed by atoms with Crippen LogP contribution in [0.25, 0.3) is 10.6 Å². The van der Waals surface area contributed by atoms with Crippen molar-refractivity contribution in [3.8, 4) is 16.3 Å². The first-order valence-corrected chi connectivity index (χ1v) is 10.2. The molecule has 150 valence electrons. The van der Waals surface area contributed by atoms with Gasteiger partial charge in [0.15, 0.2) is 6.61 Å². The third-order valence-electron chi connectivity index (χ3n) is 4.19. The number of carbonyl (C=O) groups excluding carboxylic acids is 2. The Balaban J connectivity index is 1.61. The van der Waals surface area contributed by atoms with Gasteiger partial charge in [-0.25, -0.2) is 4.98 Å². The molecule has 0 aliphatic heterocycles. The third kappa shape index (κ3) is 5.89. The van der Waals surface area contributed by atoms with Gasteiger partial charge in [-0.15, -0.1) is 11.3 Å². The maximum absolute atomic E-state index is 12.8. The van der Waals surface area contributed by atoms with Crippen molar-refractivity contribution in [1.29, 1.82) is 0 Å². The summed E-state index contributed by atoms with van der Waals surface area (Å²) in [6.07, 6.45) is 1.74. The second kappa shape index (κ2) is 9.84. The molecule has 1 aromatic heterocycles. The predicted molar refractivity (Wildman–Crippen MR) is 115 cm³/mol. The third-order valence-corrected chi connectivity index (χ3v) is 5.01. The molecule has 3 aromatic rings. The highest BCUT2D eigenvalue weighted by Gasteiger charge is 2.24. The van der Waals surface area contributed by atoms with Crippen molar-refractivity contribution in [1.82, 2.24) is 10.3 Å². The number of para-hydroxylation sites is 1. The molecular formula is C22H23N3O3S. The Bertz CT molecular complexity index is 943. The lowest BCUT2D eigenvalue weighted by Crippen LogP contribution is -2.48. The Hall–Kier alpha value is -3.19. The van der Waals surface area contributed by atoms with Gasteiger partial charge >= 0.3 is 0 Å². The average Bonchev–Trinajstić information content (AvgIpc) is 3.26. The maximum atomic E-state index is 12.8. The molecule has 0 saturated heterocycles. The fraction of sp³-hybridized carbons (Fsp3) is 0.227. The normalized spacial score (nSPS) is 11.7. The molecule has 29 heavy (non-hydrogen) atoms. The molecule has 1 heterocycles. The van der Waals surface area contributed by atoms with Crippen LogP contribution in [0.2, 0.25) is 0 Å². The molecule has 0 bridgehead atoms. The number of benzene rings is 2. The SMILES string of the molecule is CC(C)C(NC(=O)COc1ccccc1)C(=O)Nc1cccc(-c2nccs2)c1. The van der Waals surface area contributed by atoms with E-state index in [1.807, 2.05) is 61.7 Å². The summed E-state index contributed by atoms with van der Waals surface area (Å²) in [5, 5.41) is 8.44. The van der Waals surface area contributed by atoms with E-state index in [1.54, 1.807) is 18.3 Å². The Morgan fingerprint density at radius 2 is 1.90 bits per heavy atom. The molecule has 2 amide bonds. The quantitative estimate of drug-likeness (QED) is 0.590. The average molecular weight is 410 g/mol. The number of amides is 2. The highest BCUT2D eigenvalue weighted by molar-refractivity contribution is 7.13. The molecule has 0 aliphatic rings. The molecule has 2 aromatic carbocycles. The summed E-state index contributed by atoms with van der Waals surface area (Å²) in [5.41, 5.74) is 1.59. The second-order valence-electron chi connectivity index (χ2n) is 6.80. The van der Waals surface area contributed by atoms with Crippen LogP contribution in [0.1, 0.15) is 13.8 Å². The highest BCUT2D eigenvalue weighted by Crippen LogP contribution is 2.24. The van der Waals surface area contributed by atoms with Crippen molar-refractivity contribution in [3.05, 3.63) is 66.2 Å². The zero-order valence-electron chi connectivity index (χ0n) is 16.3. The molecule has 3 rings (SSSR count). The molecule has 7 heteroatoms. The van der Waals surface area contributed by atoms with E-state index in [1.165, 1.54) is 11.3 Å². The Morgan fingerprint density at radius 1 is 1.10 bits per heavy atom. The minimum Gasteiger partial charge on any atom is -0.484 e. The summed E-state index contributed by atoms with van der Waals surface area (Å²) in [7, 11) is 0. The predicted octanol–water partition coefficient (Wildman–Crippen LogP) is 3.97. The molecule has 6 nitrogen and oxygen atoms in total. The van der Waals surface area contributed by atoms with E-state index >= 15 is 0 Å². The standard InChI is InChI=1S/C22H23N3O3S/c1-15(2)20(25-19(26)14-28-18-9-4-3-5-10-18)21(27)24-17-8-6-7-16(13-17)22-23-11-12-29-22/h3-13,15,20H,14H2,1-2H3,(H,24,27)(H,25,26). The molecule has 0 spiro atoms. The fourth-order valence-corrected chi connectivity index (χ4v) is 3.37. The van der Waals surface area contributed by atoms with Gasteiger partial charge in [0.1, 0.15) is 16.8 Å². The van der Waals surface area contributed by atoms with Crippen molar-refractivity contribution in [3.63, 3.8) is 0 Å². The van der Waals surface area contributed by atoms with Crippen molar-refractivity contribution in [2.45, 2.75) is 19.9 Å². The molecule has 1 unspecified atom stereocenters. The number of thiazole rings is 1. The minimum atomic E-state index is -0.676. The first-order chi connectivity index (χ1) is 14.0. The van der Waals surface area contributed by atoms with Gasteiger partial charge in [-0.3, -0.25) is 9.59 Å². The summed E-state index contributed by atoms with van der Waals surface area (Å²) >= 11 is 1.53. The summed E-state index contributed by atoms with van der Waals surface area (Å²) < 4.78 is 5.45. The van der Waals surface area contributed by atoms with Crippen LogP contribution >= 0.6 is 11.3 Å². The summed E-state index contributed by atoms with van der Waals surface area (Å²) in [6.45, 7) is 3.61. The van der Waals surface area contributed by atoms with Crippen LogP contribution in [-0.2, 0) is 9.59 Å². The first kappa shape index (κ1) is 20.5. The lowest BCUT2D eigenvalue weighted by Gasteiger charge is -2.22. The van der Waals surface area contributed by atoms with Gasteiger partial charge in [0.2, 0.25) is 5.91 Å². The van der Waals surface area contributed by atoms with Crippen molar-refractivity contribution >= 4 is 28.8 Å². The van der Waals surface area contributed by atoms with Gasteiger partial charge < -0.3 is 15.4 Å². The Labute approximate surface area is 173 Å². The molecule has 0 aliphatic carbocycles. The van der Waals surface area contributed by atoms with E-state index in [0.29, 0.717) is 11.4 Å². The summed E-state index contributed by atoms with van der Waals surface area (Å²) in [4.78, 5) is 29.3. The summed E-state index contributed by atoms with van der Waals surface area (Å²) in [5.74, 6) is -0.103. The van der Waals surface area contributed by atoms with Crippen LogP contribution in [0.15, 0.2) is 66.2 Å². The van der Waals surface area contributed by atoms with Crippen molar-refractivity contribution in [2.24, 2.45) is 5.92 Å². The number of nitrogens with zero attached hydrogens (tertiary/aromatic N) is 1. The maximum Gasteiger partial charge on any atom is 0.258 e. The lowest BCUT2D eigenvalue weighted by atomic mass is 10.0. The summed E-state index contributed by atoms with van der Waals surface area (Å²) in [6, 6.07) is 15.9. The van der Waals surface area contributed by atoms with Gasteiger partial charge in [0.05, 0.1) is 0 Å². The largest absolute Gasteiger partial charge is 0.484 e. The van der Waals surface area contributed by atoms with Gasteiger partial charge in [-0.2, -0.15) is 0 Å².